The summed E-state index contributed by atoms with van der Waals surface area (Å²) in [6.45, 7) is 2.33. The largest absolute Gasteiger partial charge is 0.387 e. The van der Waals surface area contributed by atoms with E-state index >= 15 is 0 Å². The minimum absolute atomic E-state index is 0.00641. The van der Waals surface area contributed by atoms with E-state index in [1.165, 1.54) is 22.5 Å². The van der Waals surface area contributed by atoms with Crippen molar-refractivity contribution in [3.8, 4) is 0 Å². The molecule has 1 aromatic rings. The van der Waals surface area contributed by atoms with Crippen LogP contribution < -0.4 is 5.32 Å². The lowest BCUT2D eigenvalue weighted by atomic mass is 10.3. The van der Waals surface area contributed by atoms with Crippen molar-refractivity contribution < 1.29 is 16.8 Å². The molecular formula is C13H20N2O4S2. The van der Waals surface area contributed by atoms with E-state index in [4.69, 9.17) is 0 Å². The van der Waals surface area contributed by atoms with Crippen LogP contribution in [0.15, 0.2) is 28.0 Å². The van der Waals surface area contributed by atoms with Gasteiger partial charge in [0.2, 0.25) is 10.0 Å². The van der Waals surface area contributed by atoms with Gasteiger partial charge in [0.05, 0.1) is 10.6 Å². The van der Waals surface area contributed by atoms with Crippen molar-refractivity contribution in [1.29, 1.82) is 0 Å². The van der Waals surface area contributed by atoms with Crippen LogP contribution in [0.1, 0.15) is 19.8 Å². The molecule has 1 aliphatic heterocycles. The number of hydrogen-bond acceptors (Lipinski definition) is 5. The molecule has 0 bridgehead atoms. The molecule has 0 amide bonds. The summed E-state index contributed by atoms with van der Waals surface area (Å²) < 4.78 is 50.4. The first-order valence-electron chi connectivity index (χ1n) is 6.71. The van der Waals surface area contributed by atoms with Crippen LogP contribution in [0.25, 0.3) is 0 Å². The number of sulfone groups is 1. The molecule has 0 aliphatic carbocycles. The summed E-state index contributed by atoms with van der Waals surface area (Å²) in [7, 11) is -5.55. The van der Waals surface area contributed by atoms with E-state index in [0.717, 1.165) is 19.1 Å². The third-order valence-corrected chi connectivity index (χ3v) is 6.89. The Kier molecular flexibility index (Phi) is 4.32. The third kappa shape index (κ3) is 3.07. The normalized spacial score (nSPS) is 20.6. The summed E-state index contributed by atoms with van der Waals surface area (Å²) in [6.07, 6.45) is 2.71. The number of anilines is 1. The third-order valence-electron chi connectivity index (χ3n) is 3.73. The maximum absolute atomic E-state index is 12.8. The van der Waals surface area contributed by atoms with Crippen LogP contribution in [0.5, 0.6) is 0 Å². The Labute approximate surface area is 126 Å². The lowest BCUT2D eigenvalue weighted by Gasteiger charge is -2.22. The molecule has 0 spiro atoms. The molecule has 1 unspecified atom stereocenters. The van der Waals surface area contributed by atoms with Gasteiger partial charge in [0.15, 0.2) is 9.84 Å². The van der Waals surface area contributed by atoms with Crippen molar-refractivity contribution in [3.05, 3.63) is 18.2 Å². The second kappa shape index (κ2) is 5.58. The first-order valence-corrected chi connectivity index (χ1v) is 10.0. The second-order valence-corrected chi connectivity index (χ2v) is 9.16. The summed E-state index contributed by atoms with van der Waals surface area (Å²) in [5, 5.41) is 2.82. The van der Waals surface area contributed by atoms with Crippen molar-refractivity contribution in [2.45, 2.75) is 35.6 Å². The first kappa shape index (κ1) is 16.3. The van der Waals surface area contributed by atoms with Gasteiger partial charge >= 0.3 is 0 Å². The second-order valence-electron chi connectivity index (χ2n) is 5.29. The number of nitrogens with zero attached hydrogens (tertiary/aromatic N) is 1. The van der Waals surface area contributed by atoms with Gasteiger partial charge in [-0.2, -0.15) is 4.31 Å². The monoisotopic (exact) mass is 332 g/mol. The van der Waals surface area contributed by atoms with E-state index in [1.54, 1.807) is 7.05 Å². The molecule has 21 heavy (non-hydrogen) atoms. The van der Waals surface area contributed by atoms with Gasteiger partial charge in [0, 0.05) is 25.9 Å². The summed E-state index contributed by atoms with van der Waals surface area (Å²) in [6, 6.07) is 4.07. The Balaban J connectivity index is 2.61. The van der Waals surface area contributed by atoms with Crippen molar-refractivity contribution >= 4 is 25.5 Å². The van der Waals surface area contributed by atoms with Crippen LogP contribution >= 0.6 is 0 Å². The number of rotatable bonds is 4. The maximum atomic E-state index is 12.8. The predicted molar refractivity (Wildman–Crippen MR) is 81.7 cm³/mol. The molecule has 1 fully saturated rings. The van der Waals surface area contributed by atoms with Gasteiger partial charge in [0.25, 0.3) is 0 Å². The smallest absolute Gasteiger partial charge is 0.245 e. The number of nitrogens with one attached hydrogen (secondary N) is 1. The van der Waals surface area contributed by atoms with E-state index in [0.29, 0.717) is 12.2 Å². The number of sulfonamides is 1. The molecule has 1 aliphatic rings. The van der Waals surface area contributed by atoms with E-state index < -0.39 is 19.9 Å². The first-order chi connectivity index (χ1) is 9.67. The molecular weight excluding hydrogens is 312 g/mol. The molecule has 8 heteroatoms. The summed E-state index contributed by atoms with van der Waals surface area (Å²) >= 11 is 0. The Morgan fingerprint density at radius 3 is 2.38 bits per heavy atom. The molecule has 1 aromatic carbocycles. The predicted octanol–water partition coefficient (Wildman–Crippen LogP) is 1.30. The molecule has 0 aromatic heterocycles. The number of benzene rings is 1. The highest BCUT2D eigenvalue weighted by molar-refractivity contribution is 7.91. The standard InChI is InChI=1S/C13H20N2O4S2/c1-10-5-4-8-15(10)21(18,19)13-9-11(20(3,16)17)6-7-12(13)14-2/h6-7,9-10,14H,4-5,8H2,1-3H3. The Morgan fingerprint density at radius 1 is 1.24 bits per heavy atom. The molecule has 1 N–H and O–H groups in total. The average Bonchev–Trinajstić information content (AvgIpc) is 2.84. The van der Waals surface area contributed by atoms with Crippen molar-refractivity contribution in [1.82, 2.24) is 4.31 Å². The maximum Gasteiger partial charge on any atom is 0.245 e. The zero-order chi connectivity index (χ0) is 15.8. The van der Waals surface area contributed by atoms with Crippen LogP contribution in [0.4, 0.5) is 5.69 Å². The van der Waals surface area contributed by atoms with Crippen LogP contribution in [-0.4, -0.2) is 47.0 Å². The van der Waals surface area contributed by atoms with Crippen molar-refractivity contribution in [3.63, 3.8) is 0 Å². The zero-order valence-corrected chi connectivity index (χ0v) is 14.0. The number of hydrogen-bond donors (Lipinski definition) is 1. The molecule has 1 heterocycles. The Hall–Kier alpha value is -1.12. The van der Waals surface area contributed by atoms with Gasteiger partial charge in [0.1, 0.15) is 4.90 Å². The van der Waals surface area contributed by atoms with Crippen LogP contribution in [0.2, 0.25) is 0 Å². The SMILES string of the molecule is CNc1ccc(S(C)(=O)=O)cc1S(=O)(=O)N1CCCC1C. The van der Waals surface area contributed by atoms with Crippen LogP contribution in [0, 0.1) is 0 Å². The van der Waals surface area contributed by atoms with Gasteiger partial charge < -0.3 is 5.32 Å². The highest BCUT2D eigenvalue weighted by atomic mass is 32.2. The molecule has 1 saturated heterocycles. The average molecular weight is 332 g/mol. The molecule has 0 saturated carbocycles. The fraction of sp³-hybridized carbons (Fsp3) is 0.538. The lowest BCUT2D eigenvalue weighted by Crippen LogP contribution is -2.34. The summed E-state index contributed by atoms with van der Waals surface area (Å²) in [5.74, 6) is 0. The Bertz CT molecular complexity index is 741. The van der Waals surface area contributed by atoms with Gasteiger partial charge in [-0.25, -0.2) is 16.8 Å². The van der Waals surface area contributed by atoms with Gasteiger partial charge in [-0.3, -0.25) is 0 Å². The lowest BCUT2D eigenvalue weighted by molar-refractivity contribution is 0.408. The quantitative estimate of drug-likeness (QED) is 0.898. The fourth-order valence-corrected chi connectivity index (χ4v) is 5.19. The van der Waals surface area contributed by atoms with Crippen LogP contribution in [0.3, 0.4) is 0 Å². The van der Waals surface area contributed by atoms with E-state index in [2.05, 4.69) is 5.32 Å². The van der Waals surface area contributed by atoms with Crippen LogP contribution in [-0.2, 0) is 19.9 Å². The van der Waals surface area contributed by atoms with Gasteiger partial charge in [-0.05, 0) is 38.0 Å². The minimum atomic E-state index is -3.71. The highest BCUT2D eigenvalue weighted by Crippen LogP contribution is 2.31. The molecule has 118 valence electrons. The Morgan fingerprint density at radius 2 is 1.90 bits per heavy atom. The van der Waals surface area contributed by atoms with E-state index in [-0.39, 0.29) is 15.8 Å². The summed E-state index contributed by atoms with van der Waals surface area (Å²) in [5.41, 5.74) is 0.404. The topological polar surface area (TPSA) is 83.5 Å². The van der Waals surface area contributed by atoms with E-state index in [1.807, 2.05) is 6.92 Å². The molecule has 2 rings (SSSR count). The molecule has 1 atom stereocenters. The molecule has 6 nitrogen and oxygen atoms in total. The fourth-order valence-electron chi connectivity index (χ4n) is 2.54. The summed E-state index contributed by atoms with van der Waals surface area (Å²) in [4.78, 5) is 0.0219. The van der Waals surface area contributed by atoms with Crippen molar-refractivity contribution in [2.75, 3.05) is 25.2 Å². The van der Waals surface area contributed by atoms with E-state index in [9.17, 15) is 16.8 Å². The van der Waals surface area contributed by atoms with Crippen molar-refractivity contribution in [2.24, 2.45) is 0 Å². The zero-order valence-electron chi connectivity index (χ0n) is 12.3. The minimum Gasteiger partial charge on any atom is -0.387 e. The molecule has 0 radical (unpaired) electrons. The van der Waals surface area contributed by atoms with Gasteiger partial charge in [-0.15, -0.1) is 0 Å². The van der Waals surface area contributed by atoms with Gasteiger partial charge in [-0.1, -0.05) is 0 Å². The highest BCUT2D eigenvalue weighted by Gasteiger charge is 2.34.